The van der Waals surface area contributed by atoms with Crippen molar-refractivity contribution in [1.82, 2.24) is 10.3 Å². The van der Waals surface area contributed by atoms with Crippen LogP contribution in [0.2, 0.25) is 0 Å². The Kier molecular flexibility index (Phi) is 4.05. The summed E-state index contributed by atoms with van der Waals surface area (Å²) in [4.78, 5) is 14.7. The lowest BCUT2D eigenvalue weighted by atomic mass is 10.1. The molecule has 15 heavy (non-hydrogen) atoms. The number of rotatable bonds is 5. The first-order valence-corrected chi connectivity index (χ1v) is 4.56. The molecule has 0 spiro atoms. The van der Waals surface area contributed by atoms with E-state index in [-0.39, 0.29) is 0 Å². The Hall–Kier alpha value is -1.62. The van der Waals surface area contributed by atoms with Crippen molar-refractivity contribution < 1.29 is 14.6 Å². The van der Waals surface area contributed by atoms with Crippen LogP contribution in [0.25, 0.3) is 0 Å². The number of aliphatic carboxylic acids is 1. The smallest absolute Gasteiger partial charge is 0.321 e. The Labute approximate surface area is 88.1 Å². The highest BCUT2D eigenvalue weighted by Crippen LogP contribution is 2.10. The molecular weight excluding hydrogens is 196 g/mol. The van der Waals surface area contributed by atoms with Crippen molar-refractivity contribution in [3.8, 4) is 5.88 Å². The Bertz CT molecular complexity index is 341. The Morgan fingerprint density at radius 3 is 3.00 bits per heavy atom. The minimum absolute atomic E-state index is 0.407. The van der Waals surface area contributed by atoms with Gasteiger partial charge in [0, 0.05) is 12.3 Å². The van der Waals surface area contributed by atoms with Crippen LogP contribution >= 0.6 is 0 Å². The normalized spacial score (nSPS) is 12.1. The molecular formula is C10H14N2O3. The molecule has 0 fully saturated rings. The third kappa shape index (κ3) is 3.21. The molecule has 82 valence electrons. The van der Waals surface area contributed by atoms with Crippen LogP contribution in [0.3, 0.4) is 0 Å². The Balaban J connectivity index is 2.74. The molecule has 1 rings (SSSR count). The van der Waals surface area contributed by atoms with Crippen LogP contribution in [0, 0.1) is 0 Å². The largest absolute Gasteiger partial charge is 0.481 e. The average molecular weight is 210 g/mol. The van der Waals surface area contributed by atoms with E-state index in [0.717, 1.165) is 5.56 Å². The van der Waals surface area contributed by atoms with Crippen LogP contribution in [0.15, 0.2) is 18.3 Å². The van der Waals surface area contributed by atoms with Gasteiger partial charge in [-0.1, -0.05) is 0 Å². The molecule has 0 bridgehead atoms. The molecule has 0 saturated heterocycles. The van der Waals surface area contributed by atoms with Gasteiger partial charge in [0.2, 0.25) is 5.88 Å². The Morgan fingerprint density at radius 2 is 2.47 bits per heavy atom. The van der Waals surface area contributed by atoms with Crippen molar-refractivity contribution >= 4 is 5.97 Å². The summed E-state index contributed by atoms with van der Waals surface area (Å²) in [5.74, 6) is -0.374. The first kappa shape index (κ1) is 11.5. The number of hydrogen-bond acceptors (Lipinski definition) is 4. The summed E-state index contributed by atoms with van der Waals surface area (Å²) in [7, 11) is 3.15. The lowest BCUT2D eigenvalue weighted by Gasteiger charge is -2.11. The maximum Gasteiger partial charge on any atom is 0.321 e. The van der Waals surface area contributed by atoms with Gasteiger partial charge in [-0.3, -0.25) is 4.79 Å². The molecule has 0 saturated carbocycles. The second-order valence-electron chi connectivity index (χ2n) is 3.09. The zero-order valence-corrected chi connectivity index (χ0v) is 8.73. The number of carbonyl (C=O) groups is 1. The van der Waals surface area contributed by atoms with Crippen LogP contribution < -0.4 is 10.1 Å². The highest BCUT2D eigenvalue weighted by molar-refractivity contribution is 5.73. The number of carboxylic acid groups (broad SMARTS) is 1. The van der Waals surface area contributed by atoms with Gasteiger partial charge in [0.25, 0.3) is 0 Å². The van der Waals surface area contributed by atoms with Gasteiger partial charge in [-0.05, 0) is 25.1 Å². The van der Waals surface area contributed by atoms with E-state index >= 15 is 0 Å². The molecule has 1 atom stereocenters. The molecule has 1 unspecified atom stereocenters. The SMILES string of the molecule is CNC(Cc1ccnc(OC)c1)C(=O)O. The van der Waals surface area contributed by atoms with Gasteiger partial charge in [0.05, 0.1) is 7.11 Å². The monoisotopic (exact) mass is 210 g/mol. The Morgan fingerprint density at radius 1 is 1.73 bits per heavy atom. The van der Waals surface area contributed by atoms with Gasteiger partial charge in [0.1, 0.15) is 6.04 Å². The molecule has 0 radical (unpaired) electrons. The summed E-state index contributed by atoms with van der Waals surface area (Å²) in [6.07, 6.45) is 2.01. The minimum Gasteiger partial charge on any atom is -0.481 e. The van der Waals surface area contributed by atoms with Crippen molar-refractivity contribution in [3.63, 3.8) is 0 Å². The standard InChI is InChI=1S/C10H14N2O3/c1-11-8(10(13)14)5-7-3-4-12-9(6-7)15-2/h3-4,6,8,11H,5H2,1-2H3,(H,13,14). The zero-order valence-electron chi connectivity index (χ0n) is 8.73. The maximum absolute atomic E-state index is 10.8. The molecule has 1 heterocycles. The van der Waals surface area contributed by atoms with Crippen molar-refractivity contribution in [2.24, 2.45) is 0 Å². The van der Waals surface area contributed by atoms with Crippen LogP contribution in [-0.2, 0) is 11.2 Å². The fraction of sp³-hybridized carbons (Fsp3) is 0.400. The number of likely N-dealkylation sites (N-methyl/N-ethyl adjacent to an activating group) is 1. The number of aromatic nitrogens is 1. The van der Waals surface area contributed by atoms with Gasteiger partial charge < -0.3 is 15.2 Å². The number of hydrogen-bond donors (Lipinski definition) is 2. The summed E-state index contributed by atoms with van der Waals surface area (Å²) < 4.78 is 4.95. The molecule has 0 aliphatic heterocycles. The number of carboxylic acids is 1. The fourth-order valence-corrected chi connectivity index (χ4v) is 1.24. The summed E-state index contributed by atoms with van der Waals surface area (Å²) in [6, 6.07) is 2.92. The number of methoxy groups -OCH3 is 1. The molecule has 2 N–H and O–H groups in total. The van der Waals surface area contributed by atoms with Gasteiger partial charge in [0.15, 0.2) is 0 Å². The topological polar surface area (TPSA) is 71.5 Å². The zero-order chi connectivity index (χ0) is 11.3. The summed E-state index contributed by atoms with van der Waals surface area (Å²) in [6.45, 7) is 0. The number of nitrogens with zero attached hydrogens (tertiary/aromatic N) is 1. The van der Waals surface area contributed by atoms with Crippen LogP contribution in [-0.4, -0.2) is 36.3 Å². The van der Waals surface area contributed by atoms with Crippen LogP contribution in [0.1, 0.15) is 5.56 Å². The van der Waals surface area contributed by atoms with Crippen LogP contribution in [0.4, 0.5) is 0 Å². The minimum atomic E-state index is -0.867. The molecule has 0 amide bonds. The van der Waals surface area contributed by atoms with E-state index in [1.807, 2.05) is 0 Å². The quantitative estimate of drug-likeness (QED) is 0.731. The second-order valence-corrected chi connectivity index (χ2v) is 3.09. The van der Waals surface area contributed by atoms with E-state index in [9.17, 15) is 4.79 Å². The molecule has 5 heteroatoms. The molecule has 0 aromatic carbocycles. The van der Waals surface area contributed by atoms with E-state index in [1.165, 1.54) is 7.11 Å². The molecule has 0 aliphatic carbocycles. The lowest BCUT2D eigenvalue weighted by molar-refractivity contribution is -0.139. The molecule has 1 aromatic heterocycles. The molecule has 5 nitrogen and oxygen atoms in total. The van der Waals surface area contributed by atoms with E-state index in [1.54, 1.807) is 25.4 Å². The number of ether oxygens (including phenoxy) is 1. The van der Waals surface area contributed by atoms with E-state index in [0.29, 0.717) is 12.3 Å². The van der Waals surface area contributed by atoms with E-state index < -0.39 is 12.0 Å². The third-order valence-corrected chi connectivity index (χ3v) is 2.09. The van der Waals surface area contributed by atoms with Crippen molar-refractivity contribution in [2.75, 3.05) is 14.2 Å². The first-order valence-electron chi connectivity index (χ1n) is 4.56. The van der Waals surface area contributed by atoms with Crippen molar-refractivity contribution in [1.29, 1.82) is 0 Å². The second kappa shape index (κ2) is 5.31. The maximum atomic E-state index is 10.8. The van der Waals surface area contributed by atoms with E-state index in [4.69, 9.17) is 9.84 Å². The van der Waals surface area contributed by atoms with Gasteiger partial charge in [-0.25, -0.2) is 4.98 Å². The highest BCUT2D eigenvalue weighted by Gasteiger charge is 2.15. The summed E-state index contributed by atoms with van der Waals surface area (Å²) >= 11 is 0. The summed E-state index contributed by atoms with van der Waals surface area (Å²) in [5.41, 5.74) is 0.878. The van der Waals surface area contributed by atoms with Crippen molar-refractivity contribution in [3.05, 3.63) is 23.9 Å². The summed E-state index contributed by atoms with van der Waals surface area (Å²) in [5, 5.41) is 11.6. The predicted octanol–water partition coefficient (Wildman–Crippen LogP) is 0.305. The molecule has 0 aliphatic rings. The predicted molar refractivity (Wildman–Crippen MR) is 55.0 cm³/mol. The van der Waals surface area contributed by atoms with Gasteiger partial charge in [-0.15, -0.1) is 0 Å². The van der Waals surface area contributed by atoms with E-state index in [2.05, 4.69) is 10.3 Å². The number of pyridine rings is 1. The lowest BCUT2D eigenvalue weighted by Crippen LogP contribution is -2.35. The highest BCUT2D eigenvalue weighted by atomic mass is 16.5. The van der Waals surface area contributed by atoms with Gasteiger partial charge >= 0.3 is 5.97 Å². The van der Waals surface area contributed by atoms with Crippen LogP contribution in [0.5, 0.6) is 5.88 Å². The van der Waals surface area contributed by atoms with Gasteiger partial charge in [-0.2, -0.15) is 0 Å². The average Bonchev–Trinajstić information content (AvgIpc) is 2.25. The first-order chi connectivity index (χ1) is 7.17. The van der Waals surface area contributed by atoms with Crippen molar-refractivity contribution in [2.45, 2.75) is 12.5 Å². The number of nitrogens with one attached hydrogen (secondary N) is 1. The fourth-order valence-electron chi connectivity index (χ4n) is 1.24. The molecule has 1 aromatic rings. The third-order valence-electron chi connectivity index (χ3n) is 2.09.